The Balaban J connectivity index is 2.42. The van der Waals surface area contributed by atoms with Gasteiger partial charge in [-0.25, -0.2) is 8.78 Å². The summed E-state index contributed by atoms with van der Waals surface area (Å²) in [6.07, 6.45) is 3.34. The first kappa shape index (κ1) is 9.34. The predicted octanol–water partition coefficient (Wildman–Crippen LogP) is 2.47. The van der Waals surface area contributed by atoms with Crippen LogP contribution in [0.25, 0.3) is 5.57 Å². The maximum Gasteiger partial charge on any atom is 0.166 e. The van der Waals surface area contributed by atoms with Gasteiger partial charge in [0, 0.05) is 11.6 Å². The third-order valence-corrected chi connectivity index (χ3v) is 2.46. The topological polar surface area (TPSA) is 26.0 Å². The summed E-state index contributed by atoms with van der Waals surface area (Å²) < 4.78 is 26.2. The quantitative estimate of drug-likeness (QED) is 0.731. The largest absolute Gasteiger partial charge is 0.324 e. The second-order valence-electron chi connectivity index (χ2n) is 3.50. The standard InChI is InChI=1S/C11H11F2N/c12-10-3-1-2-9(11(10)13)7-4-5-8(14)6-7/h1-3,6,8H,4-5,14H2. The van der Waals surface area contributed by atoms with Gasteiger partial charge in [0.05, 0.1) is 0 Å². The molecule has 0 aromatic heterocycles. The van der Waals surface area contributed by atoms with Crippen LogP contribution in [-0.4, -0.2) is 6.04 Å². The number of halogens is 2. The molecule has 1 nitrogen and oxygen atoms in total. The summed E-state index contributed by atoms with van der Waals surface area (Å²) in [7, 11) is 0. The molecule has 1 aromatic carbocycles. The summed E-state index contributed by atoms with van der Waals surface area (Å²) in [5.41, 5.74) is 6.82. The van der Waals surface area contributed by atoms with Crippen LogP contribution in [0, 0.1) is 11.6 Å². The molecule has 1 atom stereocenters. The molecule has 0 bridgehead atoms. The van der Waals surface area contributed by atoms with Gasteiger partial charge in [0.25, 0.3) is 0 Å². The Morgan fingerprint density at radius 1 is 1.29 bits per heavy atom. The van der Waals surface area contributed by atoms with Gasteiger partial charge in [0.2, 0.25) is 0 Å². The lowest BCUT2D eigenvalue weighted by Gasteiger charge is -2.03. The lowest BCUT2D eigenvalue weighted by molar-refractivity contribution is 0.506. The van der Waals surface area contributed by atoms with Crippen LogP contribution in [0.1, 0.15) is 18.4 Å². The molecule has 2 rings (SSSR count). The molecule has 0 radical (unpaired) electrons. The highest BCUT2D eigenvalue weighted by molar-refractivity contribution is 5.68. The molecule has 0 heterocycles. The van der Waals surface area contributed by atoms with Gasteiger partial charge in [-0.05, 0) is 24.5 Å². The third-order valence-electron chi connectivity index (χ3n) is 2.46. The SMILES string of the molecule is NC1C=C(c2cccc(F)c2F)CC1. The van der Waals surface area contributed by atoms with Crippen LogP contribution in [0.4, 0.5) is 8.78 Å². The number of hydrogen-bond acceptors (Lipinski definition) is 1. The van der Waals surface area contributed by atoms with E-state index >= 15 is 0 Å². The molecular weight excluding hydrogens is 184 g/mol. The fourth-order valence-corrected chi connectivity index (χ4v) is 1.72. The van der Waals surface area contributed by atoms with Crippen molar-refractivity contribution in [2.75, 3.05) is 0 Å². The maximum absolute atomic E-state index is 13.3. The third kappa shape index (κ3) is 1.55. The molecule has 2 N–H and O–H groups in total. The highest BCUT2D eigenvalue weighted by atomic mass is 19.2. The Hall–Kier alpha value is -1.22. The number of benzene rings is 1. The Labute approximate surface area is 81.2 Å². The molecule has 74 valence electrons. The van der Waals surface area contributed by atoms with Crippen LogP contribution in [0.5, 0.6) is 0 Å². The molecule has 3 heteroatoms. The molecular formula is C11H11F2N. The van der Waals surface area contributed by atoms with E-state index in [0.717, 1.165) is 24.5 Å². The van der Waals surface area contributed by atoms with E-state index in [2.05, 4.69) is 0 Å². The first-order valence-corrected chi connectivity index (χ1v) is 4.59. The van der Waals surface area contributed by atoms with Gasteiger partial charge in [-0.1, -0.05) is 18.2 Å². The molecule has 1 aromatic rings. The molecule has 0 spiro atoms. The van der Waals surface area contributed by atoms with E-state index in [1.54, 1.807) is 12.1 Å². The molecule has 14 heavy (non-hydrogen) atoms. The highest BCUT2D eigenvalue weighted by Crippen LogP contribution is 2.29. The monoisotopic (exact) mass is 195 g/mol. The predicted molar refractivity (Wildman–Crippen MR) is 51.5 cm³/mol. The Kier molecular flexibility index (Phi) is 2.33. The van der Waals surface area contributed by atoms with Crippen molar-refractivity contribution < 1.29 is 8.78 Å². The minimum Gasteiger partial charge on any atom is -0.324 e. The Morgan fingerprint density at radius 2 is 2.07 bits per heavy atom. The number of rotatable bonds is 1. The van der Waals surface area contributed by atoms with Crippen molar-refractivity contribution in [1.82, 2.24) is 0 Å². The van der Waals surface area contributed by atoms with Crippen molar-refractivity contribution in [3.63, 3.8) is 0 Å². The van der Waals surface area contributed by atoms with Crippen molar-refractivity contribution >= 4 is 5.57 Å². The zero-order valence-corrected chi connectivity index (χ0v) is 7.63. The van der Waals surface area contributed by atoms with Gasteiger partial charge >= 0.3 is 0 Å². The van der Waals surface area contributed by atoms with Crippen LogP contribution < -0.4 is 5.73 Å². The molecule has 1 unspecified atom stereocenters. The smallest absolute Gasteiger partial charge is 0.166 e. The second-order valence-corrected chi connectivity index (χ2v) is 3.50. The van der Waals surface area contributed by atoms with E-state index in [-0.39, 0.29) is 6.04 Å². The van der Waals surface area contributed by atoms with E-state index in [9.17, 15) is 8.78 Å². The molecule has 0 saturated carbocycles. The summed E-state index contributed by atoms with van der Waals surface area (Å²) in [5.74, 6) is -1.57. The maximum atomic E-state index is 13.3. The normalized spacial score (nSPS) is 21.1. The summed E-state index contributed by atoms with van der Waals surface area (Å²) in [6, 6.07) is 4.20. The average molecular weight is 195 g/mol. The molecule has 1 aliphatic carbocycles. The van der Waals surface area contributed by atoms with E-state index in [0.29, 0.717) is 5.56 Å². The molecule has 0 saturated heterocycles. The molecule has 0 aliphatic heterocycles. The van der Waals surface area contributed by atoms with E-state index < -0.39 is 11.6 Å². The molecule has 0 amide bonds. The summed E-state index contributed by atoms with van der Waals surface area (Å²) in [4.78, 5) is 0. The first-order valence-electron chi connectivity index (χ1n) is 4.59. The second kappa shape index (κ2) is 3.50. The summed E-state index contributed by atoms with van der Waals surface area (Å²) >= 11 is 0. The van der Waals surface area contributed by atoms with Crippen molar-refractivity contribution in [3.05, 3.63) is 41.5 Å². The van der Waals surface area contributed by atoms with Crippen LogP contribution in [0.3, 0.4) is 0 Å². The molecule has 1 aliphatic rings. The number of allylic oxidation sites excluding steroid dienone is 1. The molecule has 0 fully saturated rings. The number of hydrogen-bond donors (Lipinski definition) is 1. The zero-order valence-electron chi connectivity index (χ0n) is 7.63. The summed E-state index contributed by atoms with van der Waals surface area (Å²) in [6.45, 7) is 0. The van der Waals surface area contributed by atoms with E-state index in [1.807, 2.05) is 0 Å². The van der Waals surface area contributed by atoms with Crippen molar-refractivity contribution in [2.24, 2.45) is 5.73 Å². The lowest BCUT2D eigenvalue weighted by Crippen LogP contribution is -2.11. The average Bonchev–Trinajstić information content (AvgIpc) is 2.57. The number of nitrogens with two attached hydrogens (primary N) is 1. The zero-order chi connectivity index (χ0) is 10.1. The van der Waals surface area contributed by atoms with Gasteiger partial charge in [0.1, 0.15) is 0 Å². The van der Waals surface area contributed by atoms with Crippen LogP contribution in [0.2, 0.25) is 0 Å². The van der Waals surface area contributed by atoms with Gasteiger partial charge in [-0.2, -0.15) is 0 Å². The van der Waals surface area contributed by atoms with Gasteiger partial charge in [-0.3, -0.25) is 0 Å². The first-order chi connectivity index (χ1) is 6.68. The van der Waals surface area contributed by atoms with Gasteiger partial charge < -0.3 is 5.73 Å². The summed E-state index contributed by atoms with van der Waals surface area (Å²) in [5, 5.41) is 0. The minimum atomic E-state index is -0.802. The van der Waals surface area contributed by atoms with E-state index in [1.165, 1.54) is 6.07 Å². The van der Waals surface area contributed by atoms with Gasteiger partial charge in [-0.15, -0.1) is 0 Å². The van der Waals surface area contributed by atoms with Crippen LogP contribution in [0.15, 0.2) is 24.3 Å². The lowest BCUT2D eigenvalue weighted by atomic mass is 10.0. The minimum absolute atomic E-state index is 0.0207. The van der Waals surface area contributed by atoms with Gasteiger partial charge in [0.15, 0.2) is 11.6 Å². The fourth-order valence-electron chi connectivity index (χ4n) is 1.72. The van der Waals surface area contributed by atoms with Crippen LogP contribution in [-0.2, 0) is 0 Å². The Morgan fingerprint density at radius 3 is 2.71 bits per heavy atom. The highest BCUT2D eigenvalue weighted by Gasteiger charge is 2.17. The van der Waals surface area contributed by atoms with Crippen molar-refractivity contribution in [2.45, 2.75) is 18.9 Å². The van der Waals surface area contributed by atoms with Crippen molar-refractivity contribution in [1.29, 1.82) is 0 Å². The fraction of sp³-hybridized carbons (Fsp3) is 0.273. The Bertz CT molecular complexity index is 385. The van der Waals surface area contributed by atoms with Crippen molar-refractivity contribution in [3.8, 4) is 0 Å². The van der Waals surface area contributed by atoms with E-state index in [4.69, 9.17) is 5.73 Å². The van der Waals surface area contributed by atoms with Crippen LogP contribution >= 0.6 is 0 Å².